The standard InChI is InChI=1S/C24H23N3O6/c1-16(28)26-13-20(18-10-6-3-7-11-18)27(22(30)15-26)14-21(29)25-19(23(31)24(32)33)12-17-8-4-2-5-9-17/h2-11,13,19H,12,14-15H2,1H3,(H,25,29)(H,32,33)/t19-/m0/s1. The smallest absolute Gasteiger partial charge is 0.374 e. The summed E-state index contributed by atoms with van der Waals surface area (Å²) >= 11 is 0. The molecule has 0 unspecified atom stereocenters. The molecule has 9 heteroatoms. The van der Waals surface area contributed by atoms with Gasteiger partial charge in [0.2, 0.25) is 17.7 Å². The number of carbonyl (C=O) groups is 5. The van der Waals surface area contributed by atoms with Gasteiger partial charge in [-0.25, -0.2) is 4.79 Å². The molecule has 2 aromatic carbocycles. The quantitative estimate of drug-likeness (QED) is 0.581. The van der Waals surface area contributed by atoms with E-state index in [0.717, 1.165) is 0 Å². The van der Waals surface area contributed by atoms with Crippen LogP contribution in [0.5, 0.6) is 0 Å². The van der Waals surface area contributed by atoms with Gasteiger partial charge in [-0.3, -0.25) is 24.1 Å². The zero-order valence-corrected chi connectivity index (χ0v) is 17.9. The Kier molecular flexibility index (Phi) is 7.34. The lowest BCUT2D eigenvalue weighted by atomic mass is 10.0. The normalized spacial score (nSPS) is 14.3. The molecule has 1 atom stereocenters. The van der Waals surface area contributed by atoms with Crippen molar-refractivity contribution in [3.05, 3.63) is 78.0 Å². The Morgan fingerprint density at radius 3 is 2.18 bits per heavy atom. The summed E-state index contributed by atoms with van der Waals surface area (Å²) in [6.07, 6.45) is 1.49. The summed E-state index contributed by atoms with van der Waals surface area (Å²) in [5.41, 5.74) is 1.64. The fraction of sp³-hybridized carbons (Fsp3) is 0.208. The Labute approximate surface area is 190 Å². The van der Waals surface area contributed by atoms with E-state index >= 15 is 0 Å². The second kappa shape index (κ2) is 10.4. The number of hydrogen-bond donors (Lipinski definition) is 2. The lowest BCUT2D eigenvalue weighted by molar-refractivity contribution is -0.150. The van der Waals surface area contributed by atoms with E-state index in [1.807, 2.05) is 0 Å². The number of carboxylic acid groups (broad SMARTS) is 1. The van der Waals surface area contributed by atoms with Gasteiger partial charge in [0.1, 0.15) is 19.1 Å². The summed E-state index contributed by atoms with van der Waals surface area (Å²) in [6, 6.07) is 16.2. The van der Waals surface area contributed by atoms with Crippen LogP contribution in [-0.4, -0.2) is 63.5 Å². The predicted molar refractivity (Wildman–Crippen MR) is 118 cm³/mol. The molecule has 3 rings (SSSR count). The second-order valence-corrected chi connectivity index (χ2v) is 7.49. The van der Waals surface area contributed by atoms with E-state index in [0.29, 0.717) is 16.8 Å². The second-order valence-electron chi connectivity index (χ2n) is 7.49. The minimum absolute atomic E-state index is 0.00877. The molecule has 33 heavy (non-hydrogen) atoms. The first-order valence-electron chi connectivity index (χ1n) is 10.2. The molecule has 0 saturated carbocycles. The number of rotatable bonds is 8. The maximum Gasteiger partial charge on any atom is 0.374 e. The number of ketones is 1. The van der Waals surface area contributed by atoms with Gasteiger partial charge in [0.15, 0.2) is 0 Å². The Balaban J connectivity index is 1.82. The lowest BCUT2D eigenvalue weighted by Crippen LogP contribution is -2.51. The van der Waals surface area contributed by atoms with Gasteiger partial charge in [0.05, 0.1) is 5.70 Å². The van der Waals surface area contributed by atoms with Gasteiger partial charge in [-0.05, 0) is 11.1 Å². The molecule has 1 aliphatic heterocycles. The molecule has 0 saturated heterocycles. The van der Waals surface area contributed by atoms with E-state index in [2.05, 4.69) is 5.32 Å². The number of Topliss-reactive ketones (excluding diaryl/α,β-unsaturated/α-hetero) is 1. The van der Waals surface area contributed by atoms with E-state index in [9.17, 15) is 24.0 Å². The minimum Gasteiger partial charge on any atom is -0.475 e. The number of aliphatic carboxylic acids is 1. The number of amides is 3. The van der Waals surface area contributed by atoms with Crippen LogP contribution in [0.25, 0.3) is 5.70 Å². The average molecular weight is 449 g/mol. The molecule has 1 heterocycles. The highest BCUT2D eigenvalue weighted by molar-refractivity contribution is 6.35. The van der Waals surface area contributed by atoms with Gasteiger partial charge in [0, 0.05) is 19.5 Å². The van der Waals surface area contributed by atoms with Crippen molar-refractivity contribution in [3.63, 3.8) is 0 Å². The SMILES string of the molecule is CC(=O)N1C=C(c2ccccc2)N(CC(=O)N[C@@H](Cc2ccccc2)C(=O)C(=O)O)C(=O)C1. The van der Waals surface area contributed by atoms with Gasteiger partial charge in [0.25, 0.3) is 5.78 Å². The Morgan fingerprint density at radius 2 is 1.61 bits per heavy atom. The Hall–Kier alpha value is -4.27. The lowest BCUT2D eigenvalue weighted by Gasteiger charge is -2.33. The molecular weight excluding hydrogens is 426 g/mol. The summed E-state index contributed by atoms with van der Waals surface area (Å²) in [5, 5.41) is 11.6. The summed E-state index contributed by atoms with van der Waals surface area (Å²) < 4.78 is 0. The molecular formula is C24H23N3O6. The first-order valence-corrected chi connectivity index (χ1v) is 10.2. The zero-order chi connectivity index (χ0) is 24.0. The maximum absolute atomic E-state index is 12.8. The molecule has 0 aliphatic carbocycles. The Morgan fingerprint density at radius 1 is 1.00 bits per heavy atom. The third kappa shape index (κ3) is 5.91. The topological polar surface area (TPSA) is 124 Å². The molecule has 0 spiro atoms. The van der Waals surface area contributed by atoms with Crippen LogP contribution in [0, 0.1) is 0 Å². The monoisotopic (exact) mass is 449 g/mol. The van der Waals surface area contributed by atoms with Gasteiger partial charge in [-0.2, -0.15) is 0 Å². The van der Waals surface area contributed by atoms with E-state index in [-0.39, 0.29) is 18.9 Å². The highest BCUT2D eigenvalue weighted by atomic mass is 16.4. The maximum atomic E-state index is 12.8. The third-order valence-electron chi connectivity index (χ3n) is 5.10. The molecule has 2 N–H and O–H groups in total. The highest BCUT2D eigenvalue weighted by Gasteiger charge is 2.32. The van der Waals surface area contributed by atoms with Gasteiger partial charge < -0.3 is 15.3 Å². The number of benzene rings is 2. The van der Waals surface area contributed by atoms with E-state index in [4.69, 9.17) is 5.11 Å². The van der Waals surface area contributed by atoms with Gasteiger partial charge >= 0.3 is 5.97 Å². The highest BCUT2D eigenvalue weighted by Crippen LogP contribution is 2.24. The van der Waals surface area contributed by atoms with E-state index in [1.54, 1.807) is 60.7 Å². The molecule has 3 amide bonds. The van der Waals surface area contributed by atoms with Crippen molar-refractivity contribution < 1.29 is 29.1 Å². The molecule has 2 aromatic rings. The van der Waals surface area contributed by atoms with Crippen molar-refractivity contribution in [1.82, 2.24) is 15.1 Å². The van der Waals surface area contributed by atoms with E-state index in [1.165, 1.54) is 22.9 Å². The number of hydrogen-bond acceptors (Lipinski definition) is 5. The van der Waals surface area contributed by atoms with Crippen LogP contribution in [-0.2, 0) is 30.4 Å². The van der Waals surface area contributed by atoms with Crippen LogP contribution in [0.15, 0.2) is 66.9 Å². The number of carbonyl (C=O) groups excluding carboxylic acids is 4. The number of carboxylic acids is 1. The van der Waals surface area contributed by atoms with Crippen molar-refractivity contribution in [2.75, 3.05) is 13.1 Å². The summed E-state index contributed by atoms with van der Waals surface area (Å²) in [6.45, 7) is 0.657. The minimum atomic E-state index is -1.66. The van der Waals surface area contributed by atoms with Crippen molar-refractivity contribution in [3.8, 4) is 0 Å². The Bertz CT molecular complexity index is 1100. The summed E-state index contributed by atoms with van der Waals surface area (Å²) in [4.78, 5) is 63.4. The van der Waals surface area contributed by atoms with Crippen molar-refractivity contribution in [2.45, 2.75) is 19.4 Å². The number of nitrogens with one attached hydrogen (secondary N) is 1. The third-order valence-corrected chi connectivity index (χ3v) is 5.10. The van der Waals surface area contributed by atoms with Crippen LogP contribution >= 0.6 is 0 Å². The molecule has 170 valence electrons. The molecule has 9 nitrogen and oxygen atoms in total. The molecule has 1 aliphatic rings. The summed E-state index contributed by atoms with van der Waals surface area (Å²) in [7, 11) is 0. The first kappa shape index (κ1) is 23.4. The van der Waals surface area contributed by atoms with Crippen LogP contribution in [0.1, 0.15) is 18.1 Å². The fourth-order valence-electron chi connectivity index (χ4n) is 3.43. The van der Waals surface area contributed by atoms with Crippen LogP contribution in [0.2, 0.25) is 0 Å². The fourth-order valence-corrected chi connectivity index (χ4v) is 3.43. The first-order chi connectivity index (χ1) is 15.8. The predicted octanol–water partition coefficient (Wildman–Crippen LogP) is 1.06. The largest absolute Gasteiger partial charge is 0.475 e. The van der Waals surface area contributed by atoms with Crippen LogP contribution in [0.3, 0.4) is 0 Å². The van der Waals surface area contributed by atoms with Gasteiger partial charge in [-0.15, -0.1) is 0 Å². The average Bonchev–Trinajstić information content (AvgIpc) is 2.80. The van der Waals surface area contributed by atoms with Crippen molar-refractivity contribution >= 4 is 35.2 Å². The molecule has 0 radical (unpaired) electrons. The van der Waals surface area contributed by atoms with Crippen LogP contribution < -0.4 is 5.32 Å². The van der Waals surface area contributed by atoms with E-state index < -0.39 is 36.2 Å². The van der Waals surface area contributed by atoms with Crippen LogP contribution in [0.4, 0.5) is 0 Å². The zero-order valence-electron chi connectivity index (χ0n) is 17.9. The van der Waals surface area contributed by atoms with Crippen molar-refractivity contribution in [2.24, 2.45) is 0 Å². The van der Waals surface area contributed by atoms with Gasteiger partial charge in [-0.1, -0.05) is 60.7 Å². The molecule has 0 bridgehead atoms. The summed E-state index contributed by atoms with van der Waals surface area (Å²) in [5.74, 6) is -4.32. The number of nitrogens with zero attached hydrogens (tertiary/aromatic N) is 2. The molecule has 0 fully saturated rings. The molecule has 0 aromatic heterocycles. The van der Waals surface area contributed by atoms with Crippen molar-refractivity contribution in [1.29, 1.82) is 0 Å².